The summed E-state index contributed by atoms with van der Waals surface area (Å²) < 4.78 is 1.97. The van der Waals surface area contributed by atoms with E-state index in [4.69, 9.17) is 5.11 Å². The zero-order chi connectivity index (χ0) is 18.5. The van der Waals surface area contributed by atoms with E-state index in [1.165, 1.54) is 29.7 Å². The van der Waals surface area contributed by atoms with Crippen LogP contribution in [0.2, 0.25) is 0 Å². The van der Waals surface area contributed by atoms with Crippen molar-refractivity contribution in [2.24, 2.45) is 5.92 Å². The Labute approximate surface area is 161 Å². The van der Waals surface area contributed by atoms with Crippen LogP contribution in [-0.2, 0) is 26.1 Å². The van der Waals surface area contributed by atoms with Crippen LogP contribution in [0.15, 0.2) is 67.0 Å². The number of likely N-dealkylation sites (tertiary alicyclic amines) is 1. The summed E-state index contributed by atoms with van der Waals surface area (Å²) in [5.74, 6) is 0.720. The summed E-state index contributed by atoms with van der Waals surface area (Å²) in [4.78, 5) is 2.57. The van der Waals surface area contributed by atoms with E-state index in [0.717, 1.165) is 37.5 Å². The summed E-state index contributed by atoms with van der Waals surface area (Å²) in [6.07, 6.45) is 6.21. The third kappa shape index (κ3) is 4.85. The molecule has 4 nitrogen and oxygen atoms in total. The van der Waals surface area contributed by atoms with Crippen molar-refractivity contribution >= 4 is 0 Å². The quantitative estimate of drug-likeness (QED) is 0.700. The molecule has 27 heavy (non-hydrogen) atoms. The molecular weight excluding hydrogens is 334 g/mol. The number of nitrogens with zero attached hydrogens (tertiary/aromatic N) is 3. The van der Waals surface area contributed by atoms with Gasteiger partial charge in [0.15, 0.2) is 0 Å². The minimum atomic E-state index is 0.122. The van der Waals surface area contributed by atoms with E-state index in [1.54, 1.807) is 0 Å². The SMILES string of the molecule is OCc1ccc(CC2CCN(Cc3cccc(Cn4cccn4)c3)C2)cc1. The van der Waals surface area contributed by atoms with Crippen LogP contribution < -0.4 is 0 Å². The number of hydrogen-bond donors (Lipinski definition) is 1. The van der Waals surface area contributed by atoms with Crippen LogP contribution in [0, 0.1) is 5.92 Å². The molecule has 0 spiro atoms. The van der Waals surface area contributed by atoms with Crippen LogP contribution >= 0.6 is 0 Å². The zero-order valence-corrected chi connectivity index (χ0v) is 15.7. The van der Waals surface area contributed by atoms with Crippen molar-refractivity contribution in [3.05, 3.63) is 89.2 Å². The highest BCUT2D eigenvalue weighted by molar-refractivity contribution is 5.24. The number of aliphatic hydroxyl groups is 1. The molecule has 1 aliphatic rings. The molecule has 1 unspecified atom stereocenters. The molecular formula is C23H27N3O. The van der Waals surface area contributed by atoms with Gasteiger partial charge in [-0.15, -0.1) is 0 Å². The molecule has 0 aliphatic carbocycles. The molecule has 1 atom stereocenters. The Hall–Kier alpha value is -2.43. The molecule has 140 valence electrons. The van der Waals surface area contributed by atoms with Crippen molar-refractivity contribution in [1.82, 2.24) is 14.7 Å². The third-order valence-electron chi connectivity index (χ3n) is 5.40. The van der Waals surface area contributed by atoms with Crippen molar-refractivity contribution in [2.45, 2.75) is 32.5 Å². The first-order valence-corrected chi connectivity index (χ1v) is 9.75. The molecule has 4 heteroatoms. The summed E-state index contributed by atoms with van der Waals surface area (Å²) in [5, 5.41) is 13.5. The smallest absolute Gasteiger partial charge is 0.0681 e. The van der Waals surface area contributed by atoms with E-state index in [9.17, 15) is 0 Å². The minimum absolute atomic E-state index is 0.122. The molecule has 4 rings (SSSR count). The molecule has 0 saturated carbocycles. The van der Waals surface area contributed by atoms with Crippen LogP contribution in [0.25, 0.3) is 0 Å². The fourth-order valence-electron chi connectivity index (χ4n) is 4.00. The Balaban J connectivity index is 1.31. The molecule has 0 amide bonds. The Morgan fingerprint density at radius 1 is 0.926 bits per heavy atom. The molecule has 1 aliphatic heterocycles. The fourth-order valence-corrected chi connectivity index (χ4v) is 4.00. The highest BCUT2D eigenvalue weighted by Gasteiger charge is 2.22. The van der Waals surface area contributed by atoms with Gasteiger partial charge >= 0.3 is 0 Å². The molecule has 0 bridgehead atoms. The van der Waals surface area contributed by atoms with Crippen LogP contribution in [0.4, 0.5) is 0 Å². The molecule has 1 N–H and O–H groups in total. The van der Waals surface area contributed by atoms with Gasteiger partial charge in [0.25, 0.3) is 0 Å². The van der Waals surface area contributed by atoms with Gasteiger partial charge < -0.3 is 5.11 Å². The van der Waals surface area contributed by atoms with Gasteiger partial charge in [0.05, 0.1) is 13.2 Å². The van der Waals surface area contributed by atoms with E-state index in [1.807, 2.05) is 35.3 Å². The Morgan fingerprint density at radius 2 is 1.70 bits per heavy atom. The van der Waals surface area contributed by atoms with Crippen LogP contribution in [0.1, 0.15) is 28.7 Å². The normalized spacial score (nSPS) is 17.4. The lowest BCUT2D eigenvalue weighted by molar-refractivity contribution is 0.282. The predicted molar refractivity (Wildman–Crippen MR) is 107 cm³/mol. The van der Waals surface area contributed by atoms with Crippen molar-refractivity contribution in [3.8, 4) is 0 Å². The molecule has 1 aromatic heterocycles. The Kier molecular flexibility index (Phi) is 5.66. The first-order chi connectivity index (χ1) is 13.3. The highest BCUT2D eigenvalue weighted by Crippen LogP contribution is 2.23. The van der Waals surface area contributed by atoms with Crippen LogP contribution in [-0.4, -0.2) is 32.9 Å². The second-order valence-corrected chi connectivity index (χ2v) is 7.59. The average molecular weight is 361 g/mol. The molecule has 2 heterocycles. The first-order valence-electron chi connectivity index (χ1n) is 9.75. The van der Waals surface area contributed by atoms with E-state index < -0.39 is 0 Å². The number of aromatic nitrogens is 2. The lowest BCUT2D eigenvalue weighted by Gasteiger charge is -2.17. The maximum absolute atomic E-state index is 9.17. The number of rotatable bonds is 7. The van der Waals surface area contributed by atoms with Gasteiger partial charge in [-0.25, -0.2) is 0 Å². The van der Waals surface area contributed by atoms with Gasteiger partial charge in [0.1, 0.15) is 0 Å². The van der Waals surface area contributed by atoms with Crippen molar-refractivity contribution in [1.29, 1.82) is 0 Å². The van der Waals surface area contributed by atoms with E-state index >= 15 is 0 Å². The lowest BCUT2D eigenvalue weighted by atomic mass is 9.98. The Bertz CT molecular complexity index is 842. The third-order valence-corrected chi connectivity index (χ3v) is 5.40. The first kappa shape index (κ1) is 18.0. The lowest BCUT2D eigenvalue weighted by Crippen LogP contribution is -2.20. The van der Waals surface area contributed by atoms with Gasteiger partial charge in [0.2, 0.25) is 0 Å². The molecule has 2 aromatic carbocycles. The van der Waals surface area contributed by atoms with Crippen LogP contribution in [0.3, 0.4) is 0 Å². The fraction of sp³-hybridized carbons (Fsp3) is 0.348. The maximum Gasteiger partial charge on any atom is 0.0681 e. The summed E-state index contributed by atoms with van der Waals surface area (Å²) in [5.41, 5.74) is 5.05. The summed E-state index contributed by atoms with van der Waals surface area (Å²) in [7, 11) is 0. The summed E-state index contributed by atoms with van der Waals surface area (Å²) >= 11 is 0. The van der Waals surface area contributed by atoms with Gasteiger partial charge in [-0.05, 0) is 53.6 Å². The standard InChI is InChI=1S/C23H27N3O/c27-18-20-7-5-19(6-8-20)13-23-9-12-25(16-23)15-21-3-1-4-22(14-21)17-26-11-2-10-24-26/h1-8,10-11,14,23,27H,9,12-13,15-18H2. The van der Waals surface area contributed by atoms with Gasteiger partial charge in [-0.3, -0.25) is 9.58 Å². The molecule has 3 aromatic rings. The Morgan fingerprint density at radius 3 is 2.44 bits per heavy atom. The number of benzene rings is 2. The zero-order valence-electron chi connectivity index (χ0n) is 15.7. The van der Waals surface area contributed by atoms with Crippen molar-refractivity contribution in [3.63, 3.8) is 0 Å². The van der Waals surface area contributed by atoms with Gasteiger partial charge in [-0.2, -0.15) is 5.10 Å². The molecule has 1 saturated heterocycles. The minimum Gasteiger partial charge on any atom is -0.392 e. The van der Waals surface area contributed by atoms with E-state index in [2.05, 4.69) is 46.4 Å². The maximum atomic E-state index is 9.17. The van der Waals surface area contributed by atoms with Crippen molar-refractivity contribution < 1.29 is 5.11 Å². The predicted octanol–water partition coefficient (Wildman–Crippen LogP) is 3.49. The summed E-state index contributed by atoms with van der Waals surface area (Å²) in [6, 6.07) is 19.2. The number of hydrogen-bond acceptors (Lipinski definition) is 3. The van der Waals surface area contributed by atoms with Gasteiger partial charge in [0, 0.05) is 25.5 Å². The molecule has 0 radical (unpaired) electrons. The van der Waals surface area contributed by atoms with E-state index in [-0.39, 0.29) is 6.61 Å². The second kappa shape index (κ2) is 8.51. The summed E-state index contributed by atoms with van der Waals surface area (Å²) in [6.45, 7) is 4.30. The topological polar surface area (TPSA) is 41.3 Å². The van der Waals surface area contributed by atoms with Crippen molar-refractivity contribution in [2.75, 3.05) is 13.1 Å². The largest absolute Gasteiger partial charge is 0.392 e. The second-order valence-electron chi connectivity index (χ2n) is 7.59. The van der Waals surface area contributed by atoms with Gasteiger partial charge in [-0.1, -0.05) is 48.5 Å². The highest BCUT2D eigenvalue weighted by atomic mass is 16.3. The number of aliphatic hydroxyl groups excluding tert-OH is 1. The van der Waals surface area contributed by atoms with E-state index in [0.29, 0.717) is 0 Å². The monoisotopic (exact) mass is 361 g/mol. The molecule has 1 fully saturated rings. The average Bonchev–Trinajstić information content (AvgIpc) is 3.35. The van der Waals surface area contributed by atoms with Crippen LogP contribution in [0.5, 0.6) is 0 Å².